The van der Waals surface area contributed by atoms with Crippen LogP contribution in [-0.2, 0) is 14.9 Å². The maximum Gasteiger partial charge on any atom is 0.0728 e. The van der Waals surface area contributed by atoms with E-state index < -0.39 is 0 Å². The number of methoxy groups -OCH3 is 2. The third-order valence-electron chi connectivity index (χ3n) is 3.17. The summed E-state index contributed by atoms with van der Waals surface area (Å²) < 4.78 is 10.4. The zero-order valence-electron chi connectivity index (χ0n) is 13.1. The monoisotopic (exact) mass is 278 g/mol. The van der Waals surface area contributed by atoms with Crippen molar-refractivity contribution in [3.8, 4) is 0 Å². The molecule has 0 aliphatic heterocycles. The maximum atomic E-state index is 7.53. The van der Waals surface area contributed by atoms with E-state index in [9.17, 15) is 0 Å². The highest BCUT2D eigenvalue weighted by Gasteiger charge is 2.16. The predicted molar refractivity (Wildman–Crippen MR) is 84.2 cm³/mol. The first kappa shape index (κ1) is 16.7. The molecule has 0 heterocycles. The summed E-state index contributed by atoms with van der Waals surface area (Å²) in [5, 5.41) is 10.9. The summed E-state index contributed by atoms with van der Waals surface area (Å²) >= 11 is 0. The molecule has 0 amide bonds. The molecule has 0 atom stereocenters. The van der Waals surface area contributed by atoms with Crippen LogP contribution in [0.1, 0.15) is 31.9 Å². The average molecular weight is 278 g/mol. The van der Waals surface area contributed by atoms with Gasteiger partial charge in [-0.25, -0.2) is 0 Å². The van der Waals surface area contributed by atoms with Gasteiger partial charge in [-0.1, -0.05) is 32.9 Å². The van der Waals surface area contributed by atoms with E-state index in [1.807, 2.05) is 6.07 Å². The second-order valence-electron chi connectivity index (χ2n) is 5.95. The number of benzene rings is 1. The number of hydrogen-bond acceptors (Lipinski definition) is 4. The second kappa shape index (κ2) is 7.41. The van der Waals surface area contributed by atoms with Gasteiger partial charge in [0.15, 0.2) is 0 Å². The molecule has 20 heavy (non-hydrogen) atoms. The standard InChI is InChI=1S/C16H26N2O2/c1-16(2,3)13-7-6-12(9-17)15(8-13)18-14(10-19-4)11-20-5/h6-9,14,17-18H,10-11H2,1-5H3. The molecule has 0 aliphatic carbocycles. The van der Waals surface area contributed by atoms with Crippen LogP contribution in [0.4, 0.5) is 5.69 Å². The molecular formula is C16H26N2O2. The predicted octanol–water partition coefficient (Wildman–Crippen LogP) is 3.06. The van der Waals surface area contributed by atoms with Gasteiger partial charge in [0, 0.05) is 31.7 Å². The van der Waals surface area contributed by atoms with E-state index >= 15 is 0 Å². The molecule has 1 aromatic rings. The maximum absolute atomic E-state index is 7.53. The van der Waals surface area contributed by atoms with Gasteiger partial charge < -0.3 is 20.2 Å². The molecule has 0 aromatic heterocycles. The average Bonchev–Trinajstić information content (AvgIpc) is 2.38. The lowest BCUT2D eigenvalue weighted by Crippen LogP contribution is -2.30. The quantitative estimate of drug-likeness (QED) is 0.754. The molecule has 4 nitrogen and oxygen atoms in total. The normalized spacial score (nSPS) is 11.7. The van der Waals surface area contributed by atoms with Crippen LogP contribution in [-0.4, -0.2) is 39.7 Å². The molecule has 0 unspecified atom stereocenters. The summed E-state index contributed by atoms with van der Waals surface area (Å²) in [4.78, 5) is 0. The molecule has 112 valence electrons. The zero-order valence-corrected chi connectivity index (χ0v) is 13.1. The van der Waals surface area contributed by atoms with Gasteiger partial charge in [0.2, 0.25) is 0 Å². The molecule has 4 heteroatoms. The fourth-order valence-corrected chi connectivity index (χ4v) is 2.03. The lowest BCUT2D eigenvalue weighted by molar-refractivity contribution is 0.126. The molecule has 0 bridgehead atoms. The molecule has 1 rings (SSSR count). The van der Waals surface area contributed by atoms with Gasteiger partial charge in [0.1, 0.15) is 0 Å². The molecule has 0 spiro atoms. The third kappa shape index (κ3) is 4.62. The molecule has 0 radical (unpaired) electrons. The fourth-order valence-electron chi connectivity index (χ4n) is 2.03. The number of anilines is 1. The van der Waals surface area contributed by atoms with Crippen LogP contribution >= 0.6 is 0 Å². The lowest BCUT2D eigenvalue weighted by atomic mass is 9.86. The highest BCUT2D eigenvalue weighted by atomic mass is 16.5. The number of hydrogen-bond donors (Lipinski definition) is 2. The van der Waals surface area contributed by atoms with Crippen LogP contribution in [0.15, 0.2) is 18.2 Å². The second-order valence-corrected chi connectivity index (χ2v) is 5.95. The summed E-state index contributed by atoms with van der Waals surface area (Å²) in [5.41, 5.74) is 3.13. The Morgan fingerprint density at radius 2 is 1.80 bits per heavy atom. The van der Waals surface area contributed by atoms with E-state index in [0.29, 0.717) is 13.2 Å². The first-order valence-corrected chi connectivity index (χ1v) is 6.81. The molecular weight excluding hydrogens is 252 g/mol. The smallest absolute Gasteiger partial charge is 0.0728 e. The first-order chi connectivity index (χ1) is 9.42. The lowest BCUT2D eigenvalue weighted by Gasteiger charge is -2.24. The fraction of sp³-hybridized carbons (Fsp3) is 0.562. The van der Waals surface area contributed by atoms with Crippen molar-refractivity contribution in [2.45, 2.75) is 32.2 Å². The van der Waals surface area contributed by atoms with Crippen LogP contribution in [0.2, 0.25) is 0 Å². The highest BCUT2D eigenvalue weighted by Crippen LogP contribution is 2.27. The minimum absolute atomic E-state index is 0.0684. The van der Waals surface area contributed by atoms with Crippen LogP contribution < -0.4 is 5.32 Å². The molecule has 1 aromatic carbocycles. The Hall–Kier alpha value is -1.39. The van der Waals surface area contributed by atoms with Crippen molar-refractivity contribution in [3.05, 3.63) is 29.3 Å². The Bertz CT molecular complexity index is 433. The van der Waals surface area contributed by atoms with Gasteiger partial charge in [-0.05, 0) is 17.0 Å². The summed E-state index contributed by atoms with van der Waals surface area (Å²) in [6.45, 7) is 7.66. The summed E-state index contributed by atoms with van der Waals surface area (Å²) in [6.07, 6.45) is 1.37. The summed E-state index contributed by atoms with van der Waals surface area (Å²) in [7, 11) is 3.35. The van der Waals surface area contributed by atoms with Crippen molar-refractivity contribution in [1.82, 2.24) is 0 Å². The van der Waals surface area contributed by atoms with Crippen LogP contribution in [0, 0.1) is 5.41 Å². The van der Waals surface area contributed by atoms with Gasteiger partial charge in [0.25, 0.3) is 0 Å². The van der Waals surface area contributed by atoms with Gasteiger partial charge in [-0.15, -0.1) is 0 Å². The Morgan fingerprint density at radius 1 is 1.20 bits per heavy atom. The summed E-state index contributed by atoms with van der Waals surface area (Å²) in [5.74, 6) is 0. The van der Waals surface area contributed by atoms with Gasteiger partial charge in [0.05, 0.1) is 19.3 Å². The first-order valence-electron chi connectivity index (χ1n) is 6.81. The van der Waals surface area contributed by atoms with Crippen LogP contribution in [0.3, 0.4) is 0 Å². The van der Waals surface area contributed by atoms with Crippen molar-refractivity contribution in [2.24, 2.45) is 0 Å². The molecule has 0 fully saturated rings. The van der Waals surface area contributed by atoms with Gasteiger partial charge in [-0.2, -0.15) is 0 Å². The van der Waals surface area contributed by atoms with E-state index in [0.717, 1.165) is 11.3 Å². The van der Waals surface area contributed by atoms with E-state index in [1.54, 1.807) is 14.2 Å². The van der Waals surface area contributed by atoms with Crippen LogP contribution in [0.5, 0.6) is 0 Å². The Balaban J connectivity index is 3.03. The topological polar surface area (TPSA) is 54.3 Å². The highest BCUT2D eigenvalue weighted by molar-refractivity contribution is 5.86. The van der Waals surface area contributed by atoms with Crippen molar-refractivity contribution < 1.29 is 9.47 Å². The third-order valence-corrected chi connectivity index (χ3v) is 3.17. The number of nitrogens with one attached hydrogen (secondary N) is 2. The molecule has 0 saturated heterocycles. The molecule has 0 saturated carbocycles. The van der Waals surface area contributed by atoms with Crippen molar-refractivity contribution in [1.29, 1.82) is 5.41 Å². The van der Waals surface area contributed by atoms with Crippen molar-refractivity contribution in [3.63, 3.8) is 0 Å². The number of rotatable bonds is 7. The summed E-state index contributed by atoms with van der Waals surface area (Å²) in [6, 6.07) is 6.23. The Morgan fingerprint density at radius 3 is 2.25 bits per heavy atom. The molecule has 2 N–H and O–H groups in total. The number of ether oxygens (including phenoxy) is 2. The van der Waals surface area contributed by atoms with E-state index in [4.69, 9.17) is 14.9 Å². The van der Waals surface area contributed by atoms with Crippen molar-refractivity contribution >= 4 is 11.9 Å². The van der Waals surface area contributed by atoms with Crippen molar-refractivity contribution in [2.75, 3.05) is 32.8 Å². The Kier molecular flexibility index (Phi) is 6.17. The van der Waals surface area contributed by atoms with Gasteiger partial charge >= 0.3 is 0 Å². The Labute approximate surface area is 122 Å². The largest absolute Gasteiger partial charge is 0.382 e. The zero-order chi connectivity index (χ0) is 15.2. The minimum Gasteiger partial charge on any atom is -0.382 e. The van der Waals surface area contributed by atoms with E-state index in [2.05, 4.69) is 38.2 Å². The SMILES string of the molecule is COCC(COC)Nc1cc(C(C)(C)C)ccc1C=N. The van der Waals surface area contributed by atoms with Crippen LogP contribution in [0.25, 0.3) is 0 Å². The van der Waals surface area contributed by atoms with E-state index in [-0.39, 0.29) is 11.5 Å². The minimum atomic E-state index is 0.0684. The van der Waals surface area contributed by atoms with Gasteiger partial charge in [-0.3, -0.25) is 0 Å². The van der Waals surface area contributed by atoms with E-state index in [1.165, 1.54) is 11.8 Å². The molecule has 0 aliphatic rings.